The van der Waals surface area contributed by atoms with Gasteiger partial charge in [-0.25, -0.2) is 8.78 Å². The standard InChI is InChI=1S/C14H11F2NO2/c1-8-7-9(5-6-12(8)18)17-14(19)10-3-2-4-11(15)13(10)16/h2-7,18H,1H3,(H,17,19). The Hall–Kier alpha value is -2.43. The maximum Gasteiger partial charge on any atom is 0.258 e. The van der Waals surface area contributed by atoms with Gasteiger partial charge in [-0.05, 0) is 42.8 Å². The summed E-state index contributed by atoms with van der Waals surface area (Å²) in [6.07, 6.45) is 0. The molecular weight excluding hydrogens is 252 g/mol. The summed E-state index contributed by atoms with van der Waals surface area (Å²) in [5.74, 6) is -2.91. The number of benzene rings is 2. The Labute approximate surface area is 108 Å². The van der Waals surface area contributed by atoms with Gasteiger partial charge in [-0.15, -0.1) is 0 Å². The van der Waals surface area contributed by atoms with Crippen molar-refractivity contribution in [2.24, 2.45) is 0 Å². The molecular formula is C14H11F2NO2. The van der Waals surface area contributed by atoms with Crippen LogP contribution in [0.1, 0.15) is 15.9 Å². The molecule has 2 rings (SSSR count). The Bertz CT molecular complexity index is 641. The summed E-state index contributed by atoms with van der Waals surface area (Å²) >= 11 is 0. The molecule has 0 aromatic heterocycles. The number of aryl methyl sites for hydroxylation is 1. The monoisotopic (exact) mass is 263 g/mol. The Balaban J connectivity index is 2.26. The van der Waals surface area contributed by atoms with E-state index in [-0.39, 0.29) is 11.3 Å². The summed E-state index contributed by atoms with van der Waals surface area (Å²) in [6, 6.07) is 7.81. The van der Waals surface area contributed by atoms with E-state index in [9.17, 15) is 18.7 Å². The van der Waals surface area contributed by atoms with E-state index in [1.165, 1.54) is 30.3 Å². The van der Waals surface area contributed by atoms with Gasteiger partial charge < -0.3 is 10.4 Å². The zero-order valence-electron chi connectivity index (χ0n) is 10.1. The summed E-state index contributed by atoms with van der Waals surface area (Å²) in [5.41, 5.74) is 0.590. The van der Waals surface area contributed by atoms with E-state index in [4.69, 9.17) is 0 Å². The Morgan fingerprint density at radius 2 is 1.95 bits per heavy atom. The minimum absolute atomic E-state index is 0.0925. The fourth-order valence-electron chi connectivity index (χ4n) is 1.61. The van der Waals surface area contributed by atoms with Crippen LogP contribution in [0, 0.1) is 18.6 Å². The second-order valence-electron chi connectivity index (χ2n) is 4.06. The van der Waals surface area contributed by atoms with Crippen molar-refractivity contribution in [2.75, 3.05) is 5.32 Å². The molecule has 0 aliphatic carbocycles. The van der Waals surface area contributed by atoms with Crippen molar-refractivity contribution < 1.29 is 18.7 Å². The molecule has 0 unspecified atom stereocenters. The number of carbonyl (C=O) groups is 1. The van der Waals surface area contributed by atoms with E-state index in [0.29, 0.717) is 11.3 Å². The van der Waals surface area contributed by atoms with E-state index < -0.39 is 17.5 Å². The molecule has 0 fully saturated rings. The number of amides is 1. The predicted molar refractivity (Wildman–Crippen MR) is 67.2 cm³/mol. The minimum Gasteiger partial charge on any atom is -0.508 e. The van der Waals surface area contributed by atoms with Crippen LogP contribution in [0.3, 0.4) is 0 Å². The third-order valence-electron chi connectivity index (χ3n) is 2.65. The smallest absolute Gasteiger partial charge is 0.258 e. The lowest BCUT2D eigenvalue weighted by atomic mass is 10.1. The number of carbonyl (C=O) groups excluding carboxylic acids is 1. The highest BCUT2D eigenvalue weighted by Gasteiger charge is 2.15. The Morgan fingerprint density at radius 3 is 2.63 bits per heavy atom. The van der Waals surface area contributed by atoms with E-state index in [1.807, 2.05) is 0 Å². The van der Waals surface area contributed by atoms with Crippen LogP contribution in [0.25, 0.3) is 0 Å². The van der Waals surface area contributed by atoms with Gasteiger partial charge in [0.05, 0.1) is 5.56 Å². The molecule has 2 N–H and O–H groups in total. The molecule has 0 saturated carbocycles. The van der Waals surface area contributed by atoms with Gasteiger partial charge in [0.15, 0.2) is 11.6 Å². The largest absolute Gasteiger partial charge is 0.508 e. The Kier molecular flexibility index (Phi) is 3.46. The number of rotatable bonds is 2. The molecule has 3 nitrogen and oxygen atoms in total. The van der Waals surface area contributed by atoms with Gasteiger partial charge in [-0.3, -0.25) is 4.79 Å². The van der Waals surface area contributed by atoms with E-state index >= 15 is 0 Å². The summed E-state index contributed by atoms with van der Waals surface area (Å²) in [7, 11) is 0. The molecule has 19 heavy (non-hydrogen) atoms. The van der Waals surface area contributed by atoms with Gasteiger partial charge in [0.1, 0.15) is 5.75 Å². The first-order valence-electron chi connectivity index (χ1n) is 5.54. The SMILES string of the molecule is Cc1cc(NC(=O)c2cccc(F)c2F)ccc1O. The fourth-order valence-corrected chi connectivity index (χ4v) is 1.61. The first-order valence-corrected chi connectivity index (χ1v) is 5.54. The van der Waals surface area contributed by atoms with Crippen molar-refractivity contribution in [2.45, 2.75) is 6.92 Å². The molecule has 1 amide bonds. The van der Waals surface area contributed by atoms with Crippen molar-refractivity contribution in [1.82, 2.24) is 0 Å². The number of halogens is 2. The van der Waals surface area contributed by atoms with E-state index in [2.05, 4.69) is 5.32 Å². The fraction of sp³-hybridized carbons (Fsp3) is 0.0714. The second kappa shape index (κ2) is 5.06. The highest BCUT2D eigenvalue weighted by molar-refractivity contribution is 6.04. The molecule has 0 bridgehead atoms. The average Bonchev–Trinajstić information content (AvgIpc) is 2.37. The molecule has 0 radical (unpaired) electrons. The Morgan fingerprint density at radius 1 is 1.21 bits per heavy atom. The van der Waals surface area contributed by atoms with Crippen LogP contribution in [-0.2, 0) is 0 Å². The van der Waals surface area contributed by atoms with Gasteiger partial charge in [-0.1, -0.05) is 6.07 Å². The first kappa shape index (κ1) is 13.0. The number of phenols is 1. The van der Waals surface area contributed by atoms with Gasteiger partial charge in [0, 0.05) is 5.69 Å². The number of aromatic hydroxyl groups is 1. The van der Waals surface area contributed by atoms with Gasteiger partial charge >= 0.3 is 0 Å². The molecule has 2 aromatic carbocycles. The first-order chi connectivity index (χ1) is 8.99. The molecule has 2 aromatic rings. The lowest BCUT2D eigenvalue weighted by Crippen LogP contribution is -2.14. The van der Waals surface area contributed by atoms with Crippen LogP contribution in [0.15, 0.2) is 36.4 Å². The molecule has 0 atom stereocenters. The van der Waals surface area contributed by atoms with Crippen molar-refractivity contribution in [1.29, 1.82) is 0 Å². The van der Waals surface area contributed by atoms with Crippen molar-refractivity contribution >= 4 is 11.6 Å². The number of nitrogens with one attached hydrogen (secondary N) is 1. The summed E-state index contributed by atoms with van der Waals surface area (Å²) in [6.45, 7) is 1.66. The van der Waals surface area contributed by atoms with Crippen molar-refractivity contribution in [3.63, 3.8) is 0 Å². The molecule has 0 heterocycles. The van der Waals surface area contributed by atoms with Crippen LogP contribution in [0.4, 0.5) is 14.5 Å². The van der Waals surface area contributed by atoms with Gasteiger partial charge in [-0.2, -0.15) is 0 Å². The van der Waals surface area contributed by atoms with Crippen LogP contribution >= 0.6 is 0 Å². The maximum absolute atomic E-state index is 13.4. The highest BCUT2D eigenvalue weighted by atomic mass is 19.2. The van der Waals surface area contributed by atoms with Gasteiger partial charge in [0.2, 0.25) is 0 Å². The van der Waals surface area contributed by atoms with Crippen molar-refractivity contribution in [3.8, 4) is 5.75 Å². The molecule has 0 saturated heterocycles. The average molecular weight is 263 g/mol. The van der Waals surface area contributed by atoms with Crippen LogP contribution in [-0.4, -0.2) is 11.0 Å². The predicted octanol–water partition coefficient (Wildman–Crippen LogP) is 3.23. The summed E-state index contributed by atoms with van der Waals surface area (Å²) in [5, 5.41) is 11.8. The number of anilines is 1. The van der Waals surface area contributed by atoms with Crippen molar-refractivity contribution in [3.05, 3.63) is 59.2 Å². The zero-order valence-corrected chi connectivity index (χ0v) is 10.1. The highest BCUT2D eigenvalue weighted by Crippen LogP contribution is 2.21. The maximum atomic E-state index is 13.4. The van der Waals surface area contributed by atoms with Crippen LogP contribution in [0.5, 0.6) is 5.75 Å². The molecule has 0 spiro atoms. The third kappa shape index (κ3) is 2.70. The third-order valence-corrected chi connectivity index (χ3v) is 2.65. The zero-order chi connectivity index (χ0) is 14.0. The van der Waals surface area contributed by atoms with Gasteiger partial charge in [0.25, 0.3) is 5.91 Å². The number of phenolic OH excluding ortho intramolecular Hbond substituents is 1. The normalized spacial score (nSPS) is 10.3. The quantitative estimate of drug-likeness (QED) is 0.817. The molecule has 0 aliphatic rings. The van der Waals surface area contributed by atoms with Crippen LogP contribution < -0.4 is 5.32 Å². The molecule has 98 valence electrons. The van der Waals surface area contributed by atoms with Crippen LogP contribution in [0.2, 0.25) is 0 Å². The minimum atomic E-state index is -1.18. The number of hydrogen-bond donors (Lipinski definition) is 2. The number of hydrogen-bond acceptors (Lipinski definition) is 2. The summed E-state index contributed by atoms with van der Waals surface area (Å²) < 4.78 is 26.4. The second-order valence-corrected chi connectivity index (χ2v) is 4.06. The molecule has 5 heteroatoms. The summed E-state index contributed by atoms with van der Waals surface area (Å²) in [4.78, 5) is 11.8. The molecule has 0 aliphatic heterocycles. The van der Waals surface area contributed by atoms with E-state index in [1.54, 1.807) is 6.92 Å². The topological polar surface area (TPSA) is 49.3 Å². The lowest BCUT2D eigenvalue weighted by molar-refractivity contribution is 0.102. The van der Waals surface area contributed by atoms with E-state index in [0.717, 1.165) is 6.07 Å². The lowest BCUT2D eigenvalue weighted by Gasteiger charge is -2.08.